The van der Waals surface area contributed by atoms with Gasteiger partial charge < -0.3 is 9.15 Å². The number of fused-ring (bicyclic) bond motifs is 1. The molecule has 0 bridgehead atoms. The molecule has 0 N–H and O–H groups in total. The number of halogens is 2. The maximum absolute atomic E-state index is 6.46. The summed E-state index contributed by atoms with van der Waals surface area (Å²) in [5.74, 6) is 1.58. The second-order valence-corrected chi connectivity index (χ2v) is 5.69. The van der Waals surface area contributed by atoms with Gasteiger partial charge in [-0.3, -0.25) is 0 Å². The van der Waals surface area contributed by atoms with E-state index in [1.807, 2.05) is 42.5 Å². The SMILES string of the molecule is COc1ccc2cc(C(Cl)c3ccc(Br)o3)ccc2c1. The van der Waals surface area contributed by atoms with E-state index in [-0.39, 0.29) is 5.38 Å². The predicted octanol–water partition coefficient (Wildman–Crippen LogP) is 5.53. The van der Waals surface area contributed by atoms with Gasteiger partial charge in [-0.15, -0.1) is 11.6 Å². The Kier molecular flexibility index (Phi) is 3.72. The highest BCUT2D eigenvalue weighted by atomic mass is 79.9. The van der Waals surface area contributed by atoms with E-state index < -0.39 is 0 Å². The van der Waals surface area contributed by atoms with E-state index in [2.05, 4.69) is 22.0 Å². The number of rotatable bonds is 3. The van der Waals surface area contributed by atoms with Crippen molar-refractivity contribution in [3.8, 4) is 5.75 Å². The van der Waals surface area contributed by atoms with Crippen LogP contribution < -0.4 is 4.74 Å². The Bertz CT molecular complexity index is 751. The molecule has 2 aromatic carbocycles. The van der Waals surface area contributed by atoms with Gasteiger partial charge in [-0.2, -0.15) is 0 Å². The van der Waals surface area contributed by atoms with Crippen molar-refractivity contribution in [2.24, 2.45) is 0 Å². The van der Waals surface area contributed by atoms with Crippen LogP contribution in [0.25, 0.3) is 10.8 Å². The zero-order chi connectivity index (χ0) is 14.1. The van der Waals surface area contributed by atoms with Gasteiger partial charge in [0.1, 0.15) is 16.9 Å². The number of benzene rings is 2. The Hall–Kier alpha value is -1.45. The van der Waals surface area contributed by atoms with Crippen LogP contribution in [0.2, 0.25) is 0 Å². The van der Waals surface area contributed by atoms with Gasteiger partial charge in [0.2, 0.25) is 0 Å². The molecule has 0 radical (unpaired) electrons. The van der Waals surface area contributed by atoms with Gasteiger partial charge in [0.05, 0.1) is 7.11 Å². The summed E-state index contributed by atoms with van der Waals surface area (Å²) in [6, 6.07) is 15.8. The molecule has 0 saturated heterocycles. The lowest BCUT2D eigenvalue weighted by atomic mass is 10.0. The molecule has 3 rings (SSSR count). The largest absolute Gasteiger partial charge is 0.497 e. The Labute approximate surface area is 130 Å². The summed E-state index contributed by atoms with van der Waals surface area (Å²) < 4.78 is 11.4. The molecule has 1 atom stereocenters. The Morgan fingerprint density at radius 3 is 2.50 bits per heavy atom. The second kappa shape index (κ2) is 5.51. The van der Waals surface area contributed by atoms with Crippen molar-refractivity contribution < 1.29 is 9.15 Å². The first kappa shape index (κ1) is 13.5. The number of hydrogen-bond acceptors (Lipinski definition) is 2. The van der Waals surface area contributed by atoms with Gasteiger partial charge >= 0.3 is 0 Å². The first-order valence-corrected chi connectivity index (χ1v) is 7.37. The van der Waals surface area contributed by atoms with E-state index in [1.54, 1.807) is 7.11 Å². The van der Waals surface area contributed by atoms with E-state index in [1.165, 1.54) is 0 Å². The molecule has 0 amide bonds. The third-order valence-corrected chi connectivity index (χ3v) is 4.10. The van der Waals surface area contributed by atoms with Crippen molar-refractivity contribution in [3.05, 3.63) is 64.5 Å². The van der Waals surface area contributed by atoms with Gasteiger partial charge in [-0.1, -0.05) is 18.2 Å². The summed E-state index contributed by atoms with van der Waals surface area (Å²) in [6.07, 6.45) is 0. The van der Waals surface area contributed by atoms with Gasteiger partial charge in [0.15, 0.2) is 4.67 Å². The van der Waals surface area contributed by atoms with E-state index in [9.17, 15) is 0 Å². The molecule has 1 aromatic heterocycles. The van der Waals surface area contributed by atoms with E-state index in [0.29, 0.717) is 4.67 Å². The summed E-state index contributed by atoms with van der Waals surface area (Å²) in [5, 5.41) is 1.95. The Balaban J connectivity index is 2.00. The van der Waals surface area contributed by atoms with Crippen molar-refractivity contribution in [3.63, 3.8) is 0 Å². The second-order valence-electron chi connectivity index (χ2n) is 4.48. The van der Waals surface area contributed by atoms with Crippen LogP contribution in [0.15, 0.2) is 57.6 Å². The number of methoxy groups -OCH3 is 1. The topological polar surface area (TPSA) is 22.4 Å². The van der Waals surface area contributed by atoms with Crippen LogP contribution in [0.4, 0.5) is 0 Å². The summed E-state index contributed by atoms with van der Waals surface area (Å²) >= 11 is 9.75. The summed E-state index contributed by atoms with van der Waals surface area (Å²) in [7, 11) is 1.67. The zero-order valence-corrected chi connectivity index (χ0v) is 13.1. The minimum atomic E-state index is -0.298. The maximum Gasteiger partial charge on any atom is 0.169 e. The van der Waals surface area contributed by atoms with E-state index in [0.717, 1.165) is 27.8 Å². The lowest BCUT2D eigenvalue weighted by Crippen LogP contribution is -1.91. The van der Waals surface area contributed by atoms with Crippen molar-refractivity contribution in [2.45, 2.75) is 5.38 Å². The van der Waals surface area contributed by atoms with Gasteiger partial charge in [-0.05, 0) is 62.6 Å². The van der Waals surface area contributed by atoms with Crippen LogP contribution in [-0.2, 0) is 0 Å². The van der Waals surface area contributed by atoms with Crippen LogP contribution in [-0.4, -0.2) is 7.11 Å². The zero-order valence-electron chi connectivity index (χ0n) is 10.8. The minimum Gasteiger partial charge on any atom is -0.497 e. The van der Waals surface area contributed by atoms with Crippen LogP contribution in [0, 0.1) is 0 Å². The van der Waals surface area contributed by atoms with Crippen LogP contribution in [0.3, 0.4) is 0 Å². The average Bonchev–Trinajstić information content (AvgIpc) is 2.92. The molecule has 0 aliphatic heterocycles. The first-order valence-electron chi connectivity index (χ1n) is 6.14. The van der Waals surface area contributed by atoms with Crippen LogP contribution in [0.1, 0.15) is 16.7 Å². The fourth-order valence-electron chi connectivity index (χ4n) is 2.16. The highest BCUT2D eigenvalue weighted by Gasteiger charge is 2.15. The average molecular weight is 352 g/mol. The van der Waals surface area contributed by atoms with Crippen molar-refractivity contribution >= 4 is 38.3 Å². The van der Waals surface area contributed by atoms with Crippen molar-refractivity contribution in [2.75, 3.05) is 7.11 Å². The Morgan fingerprint density at radius 2 is 1.80 bits per heavy atom. The molecule has 0 spiro atoms. The lowest BCUT2D eigenvalue weighted by Gasteiger charge is -2.09. The fourth-order valence-corrected chi connectivity index (χ4v) is 2.73. The van der Waals surface area contributed by atoms with Gasteiger partial charge in [-0.25, -0.2) is 0 Å². The highest BCUT2D eigenvalue weighted by Crippen LogP contribution is 2.33. The van der Waals surface area contributed by atoms with Crippen molar-refractivity contribution in [1.82, 2.24) is 0 Å². The molecule has 4 heteroatoms. The van der Waals surface area contributed by atoms with E-state index in [4.69, 9.17) is 20.8 Å². The van der Waals surface area contributed by atoms with Gasteiger partial charge in [0, 0.05) is 0 Å². The minimum absolute atomic E-state index is 0.298. The van der Waals surface area contributed by atoms with E-state index >= 15 is 0 Å². The van der Waals surface area contributed by atoms with Crippen LogP contribution >= 0.6 is 27.5 Å². The quantitative estimate of drug-likeness (QED) is 0.579. The molecule has 20 heavy (non-hydrogen) atoms. The molecule has 102 valence electrons. The predicted molar refractivity (Wildman–Crippen MR) is 84.6 cm³/mol. The first-order chi connectivity index (χ1) is 9.67. The summed E-state index contributed by atoms with van der Waals surface area (Å²) in [5.41, 5.74) is 1.01. The van der Waals surface area contributed by atoms with Crippen LogP contribution in [0.5, 0.6) is 5.75 Å². The molecule has 2 nitrogen and oxygen atoms in total. The molecule has 0 aliphatic carbocycles. The third-order valence-electron chi connectivity index (χ3n) is 3.21. The van der Waals surface area contributed by atoms with Crippen molar-refractivity contribution in [1.29, 1.82) is 0 Å². The lowest BCUT2D eigenvalue weighted by molar-refractivity contribution is 0.415. The molecular formula is C16H12BrClO2. The molecule has 0 saturated carbocycles. The standard InChI is InChI=1S/C16H12BrClO2/c1-19-13-5-4-10-8-12(3-2-11(10)9-13)16(18)14-6-7-15(17)20-14/h2-9,16H,1H3. The molecule has 1 heterocycles. The number of alkyl halides is 1. The number of furan rings is 1. The molecule has 3 aromatic rings. The molecule has 0 fully saturated rings. The normalized spacial score (nSPS) is 12.6. The molecule has 0 aliphatic rings. The Morgan fingerprint density at radius 1 is 1.05 bits per heavy atom. The summed E-state index contributed by atoms with van der Waals surface area (Å²) in [4.78, 5) is 0. The monoisotopic (exact) mass is 350 g/mol. The maximum atomic E-state index is 6.46. The third kappa shape index (κ3) is 2.56. The summed E-state index contributed by atoms with van der Waals surface area (Å²) in [6.45, 7) is 0. The molecular weight excluding hydrogens is 340 g/mol. The highest BCUT2D eigenvalue weighted by molar-refractivity contribution is 9.10. The fraction of sp³-hybridized carbons (Fsp3) is 0.125. The van der Waals surface area contributed by atoms with Gasteiger partial charge in [0.25, 0.3) is 0 Å². The number of ether oxygens (including phenoxy) is 1. The number of hydrogen-bond donors (Lipinski definition) is 0. The molecule has 1 unspecified atom stereocenters. The smallest absolute Gasteiger partial charge is 0.169 e.